The van der Waals surface area contributed by atoms with Gasteiger partial charge in [-0.2, -0.15) is 0 Å². The van der Waals surface area contributed by atoms with E-state index < -0.39 is 0 Å². The standard InChI is InChI=1S/C24H46O2.C20H38O2.C19H36O2.C16H30O2.C8H14O2.C6H9NO/c1-4-5-6-7-8-9-10-11-12-13-14-15-16-17-18-19-20-21-22-26-24(25)23(2)3;1-4-5-6-7-8-9-10-11-12-13-14-15-16-17-18-22-20(21)19(2)3;1-4-5-6-7-8-9-10-11-12-13-14-15-16-17-21-19(20)18(2)3;1-4-5-6-7-8-9-10-11-12-13-14-18-16(17)15(2)3;1-6(2)5-10-8(9)7(3)4;1-2-7-5-3-4-6(7)8/h2,4-22H2,1,3H3;2,4-18H2,1,3H3;2,4-17H2,1,3H3;2,4-14H2,1,3H3;6H,3,5H2,1-2,4H3;2H,1,3-5H2. The lowest BCUT2D eigenvalue weighted by atomic mass is 10.0. The number of likely N-dealkylation sites (tertiary alicyclic amines) is 1. The first-order valence-corrected chi connectivity index (χ1v) is 43.7. The summed E-state index contributed by atoms with van der Waals surface area (Å²) in [6.45, 7) is 46.2. The van der Waals surface area contributed by atoms with Crippen LogP contribution in [0.3, 0.4) is 0 Å². The Morgan fingerprint density at radius 2 is 0.467 bits per heavy atom. The highest BCUT2D eigenvalue weighted by Gasteiger charge is 2.16. The number of esters is 5. The fourth-order valence-corrected chi connectivity index (χ4v) is 11.4. The molecule has 0 N–H and O–H groups in total. The van der Waals surface area contributed by atoms with E-state index >= 15 is 0 Å². The molecular formula is C93H173NO11. The molecule has 105 heavy (non-hydrogen) atoms. The molecule has 12 nitrogen and oxygen atoms in total. The number of amides is 1. The van der Waals surface area contributed by atoms with Gasteiger partial charge in [0.15, 0.2) is 0 Å². The average Bonchev–Trinajstić information content (AvgIpc) is 1.83. The molecule has 1 heterocycles. The molecule has 0 spiro atoms. The van der Waals surface area contributed by atoms with E-state index in [0.29, 0.717) is 73.2 Å². The van der Waals surface area contributed by atoms with Crippen molar-refractivity contribution >= 4 is 35.8 Å². The predicted octanol–water partition coefficient (Wildman–Crippen LogP) is 28.5. The summed E-state index contributed by atoms with van der Waals surface area (Å²) in [5.74, 6) is -0.719. The minimum absolute atomic E-state index is 0.208. The van der Waals surface area contributed by atoms with E-state index in [1.54, 1.807) is 45.7 Å². The zero-order valence-electron chi connectivity index (χ0n) is 71.4. The van der Waals surface area contributed by atoms with Crippen LogP contribution in [-0.4, -0.2) is 80.2 Å². The molecule has 0 aromatic rings. The lowest BCUT2D eigenvalue weighted by molar-refractivity contribution is -0.140. The molecule has 1 amide bonds. The predicted molar refractivity (Wildman–Crippen MR) is 451 cm³/mol. The van der Waals surface area contributed by atoms with Gasteiger partial charge in [0.05, 0.1) is 33.0 Å². The largest absolute Gasteiger partial charge is 0.462 e. The molecule has 616 valence electrons. The molecular weight excluding hydrogens is 1310 g/mol. The summed E-state index contributed by atoms with van der Waals surface area (Å²) < 4.78 is 25.1. The van der Waals surface area contributed by atoms with Gasteiger partial charge in [0, 0.05) is 40.8 Å². The molecule has 0 aromatic heterocycles. The van der Waals surface area contributed by atoms with E-state index in [-0.39, 0.29) is 35.8 Å². The van der Waals surface area contributed by atoms with Crippen molar-refractivity contribution in [2.75, 3.05) is 39.6 Å². The van der Waals surface area contributed by atoms with E-state index in [9.17, 15) is 28.8 Å². The summed E-state index contributed by atoms with van der Waals surface area (Å²) in [4.78, 5) is 67.6. The summed E-state index contributed by atoms with van der Waals surface area (Å²) >= 11 is 0. The molecule has 1 rings (SSSR count). The van der Waals surface area contributed by atoms with Gasteiger partial charge in [-0.05, 0) is 78.8 Å². The summed E-state index contributed by atoms with van der Waals surface area (Å²) in [6.07, 6.45) is 77.1. The number of carbonyl (C=O) groups is 6. The molecule has 1 saturated heterocycles. The van der Waals surface area contributed by atoms with Crippen LogP contribution < -0.4 is 0 Å². The third-order valence-corrected chi connectivity index (χ3v) is 18.3. The van der Waals surface area contributed by atoms with Gasteiger partial charge in [0.25, 0.3) is 0 Å². The van der Waals surface area contributed by atoms with E-state index in [1.165, 1.54) is 327 Å². The number of hydrogen-bond acceptors (Lipinski definition) is 11. The zero-order chi connectivity index (χ0) is 79.3. The van der Waals surface area contributed by atoms with E-state index in [0.717, 1.165) is 38.6 Å². The second-order valence-corrected chi connectivity index (χ2v) is 30.3. The maximum absolute atomic E-state index is 11.2. The third-order valence-electron chi connectivity index (χ3n) is 18.3. The number of hydrogen-bond donors (Lipinski definition) is 0. The summed E-state index contributed by atoms with van der Waals surface area (Å²) in [7, 11) is 0. The molecule has 12 heteroatoms. The van der Waals surface area contributed by atoms with Crippen LogP contribution in [0.5, 0.6) is 0 Å². The topological polar surface area (TPSA) is 152 Å². The summed E-state index contributed by atoms with van der Waals surface area (Å²) in [5, 5.41) is 0. The molecule has 0 atom stereocenters. The summed E-state index contributed by atoms with van der Waals surface area (Å²) in [5.41, 5.74) is 2.42. The molecule has 1 aliphatic rings. The number of unbranched alkanes of at least 4 members (excludes halogenated alkanes) is 51. The third kappa shape index (κ3) is 95.3. The number of ether oxygens (including phenoxy) is 5. The van der Waals surface area contributed by atoms with Crippen molar-refractivity contribution in [2.24, 2.45) is 5.92 Å². The Hall–Kier alpha value is -4.74. The SMILES string of the molecule is C=C(C)C(=O)OCC(C)C.C=C(C)C(=O)OCCCCCCCCCCCC.C=C(C)C(=O)OCCCCCCCCCCCCCCC.C=C(C)C(=O)OCCCCCCCCCCCCCCCC.C=C(C)C(=O)OCCCCCCCCCCCCCCCCCCCC.C=CN1CCCC1=O. The molecule has 0 aromatic carbocycles. The van der Waals surface area contributed by atoms with Gasteiger partial charge in [-0.3, -0.25) is 4.79 Å². The van der Waals surface area contributed by atoms with Crippen LogP contribution in [0.4, 0.5) is 0 Å². The van der Waals surface area contributed by atoms with Gasteiger partial charge in [0.2, 0.25) is 5.91 Å². The smallest absolute Gasteiger partial charge is 0.333 e. The van der Waals surface area contributed by atoms with Crippen LogP contribution in [0.1, 0.15) is 442 Å². The number of nitrogens with zero attached hydrogens (tertiary/aromatic N) is 1. The molecule has 0 unspecified atom stereocenters. The van der Waals surface area contributed by atoms with Crippen LogP contribution in [0.2, 0.25) is 0 Å². The molecule has 0 saturated carbocycles. The van der Waals surface area contributed by atoms with Crippen molar-refractivity contribution in [2.45, 2.75) is 442 Å². The Morgan fingerprint density at radius 3 is 0.590 bits per heavy atom. The molecule has 0 radical (unpaired) electrons. The highest BCUT2D eigenvalue weighted by atomic mass is 16.5. The van der Waals surface area contributed by atoms with E-state index in [1.807, 2.05) is 13.8 Å². The van der Waals surface area contributed by atoms with Gasteiger partial charge in [0.1, 0.15) is 0 Å². The zero-order valence-corrected chi connectivity index (χ0v) is 71.4. The van der Waals surface area contributed by atoms with Crippen molar-refractivity contribution < 1.29 is 52.5 Å². The molecule has 1 aliphatic heterocycles. The first-order chi connectivity index (χ1) is 50.6. The molecule has 0 bridgehead atoms. The number of carbonyl (C=O) groups excluding carboxylic acids is 6. The maximum atomic E-state index is 11.2. The van der Waals surface area contributed by atoms with Gasteiger partial charge in [-0.15, -0.1) is 0 Å². The Bertz CT molecular complexity index is 2060. The van der Waals surface area contributed by atoms with Crippen LogP contribution in [0.25, 0.3) is 0 Å². The minimum Gasteiger partial charge on any atom is -0.462 e. The van der Waals surface area contributed by atoms with E-state index in [4.69, 9.17) is 23.7 Å². The first-order valence-electron chi connectivity index (χ1n) is 43.7. The molecule has 1 fully saturated rings. The summed E-state index contributed by atoms with van der Waals surface area (Å²) in [6, 6.07) is 0. The van der Waals surface area contributed by atoms with Crippen molar-refractivity contribution in [3.63, 3.8) is 0 Å². The van der Waals surface area contributed by atoms with Crippen LogP contribution in [0.15, 0.2) is 73.5 Å². The average molecular weight is 1480 g/mol. The van der Waals surface area contributed by atoms with E-state index in [2.05, 4.69) is 67.2 Å². The lowest BCUT2D eigenvalue weighted by Gasteiger charge is -2.05. The first kappa shape index (κ1) is 109. The van der Waals surface area contributed by atoms with Crippen molar-refractivity contribution in [3.8, 4) is 0 Å². The van der Waals surface area contributed by atoms with Crippen molar-refractivity contribution in [1.29, 1.82) is 0 Å². The fraction of sp³-hybridized carbons (Fsp3) is 0.806. The fourth-order valence-electron chi connectivity index (χ4n) is 11.4. The van der Waals surface area contributed by atoms with Crippen molar-refractivity contribution in [3.05, 3.63) is 73.5 Å². The Kier molecular flexibility index (Phi) is 93.2. The monoisotopic (exact) mass is 1480 g/mol. The van der Waals surface area contributed by atoms with Crippen LogP contribution in [0, 0.1) is 5.92 Å². The lowest BCUT2D eigenvalue weighted by Crippen LogP contribution is -2.16. The van der Waals surface area contributed by atoms with Crippen molar-refractivity contribution in [1.82, 2.24) is 4.90 Å². The maximum Gasteiger partial charge on any atom is 0.333 e. The normalized spacial score (nSPS) is 11.2. The Balaban J connectivity index is -0.000000393. The minimum atomic E-state index is -0.297. The van der Waals surface area contributed by atoms with Gasteiger partial charge >= 0.3 is 29.8 Å². The second-order valence-electron chi connectivity index (χ2n) is 30.3. The van der Waals surface area contributed by atoms with Gasteiger partial charge in [-0.1, -0.05) is 408 Å². The molecule has 0 aliphatic carbocycles. The number of rotatable bonds is 67. The van der Waals surface area contributed by atoms with Gasteiger partial charge in [-0.25, -0.2) is 24.0 Å². The highest BCUT2D eigenvalue weighted by molar-refractivity contribution is 5.88. The quantitative estimate of drug-likeness (QED) is 0.0248. The highest BCUT2D eigenvalue weighted by Crippen LogP contribution is 2.18. The van der Waals surface area contributed by atoms with Crippen LogP contribution >= 0.6 is 0 Å². The second kappa shape index (κ2) is 89.9. The van der Waals surface area contributed by atoms with Crippen LogP contribution in [-0.2, 0) is 52.5 Å². The Labute approximate surface area is 650 Å². The van der Waals surface area contributed by atoms with Gasteiger partial charge < -0.3 is 28.6 Å². The Morgan fingerprint density at radius 1 is 0.305 bits per heavy atom.